The number of anilines is 1. The Balaban J connectivity index is 1.91. The predicted octanol–water partition coefficient (Wildman–Crippen LogP) is 3.42. The van der Waals surface area contributed by atoms with Crippen molar-refractivity contribution in [2.45, 2.75) is 46.3 Å². The van der Waals surface area contributed by atoms with Crippen LogP contribution >= 0.6 is 11.8 Å². The molecule has 2 N–H and O–H groups in total. The summed E-state index contributed by atoms with van der Waals surface area (Å²) >= 11 is 1.22. The van der Waals surface area contributed by atoms with Crippen molar-refractivity contribution in [1.29, 1.82) is 0 Å². The van der Waals surface area contributed by atoms with Gasteiger partial charge in [-0.2, -0.15) is 5.10 Å². The highest BCUT2D eigenvalue weighted by Gasteiger charge is 2.32. The van der Waals surface area contributed by atoms with Crippen LogP contribution < -0.4 is 15.4 Å². The van der Waals surface area contributed by atoms with E-state index >= 15 is 0 Å². The van der Waals surface area contributed by atoms with Crippen LogP contribution in [0.4, 0.5) is 5.69 Å². The second kappa shape index (κ2) is 9.03. The number of hydrogen-bond donors (Lipinski definition) is 2. The Hall–Kier alpha value is -2.35. The van der Waals surface area contributed by atoms with E-state index in [0.29, 0.717) is 17.5 Å². The number of ether oxygens (including phenoxy) is 1. The van der Waals surface area contributed by atoms with Crippen LogP contribution in [0.25, 0.3) is 0 Å². The molecule has 7 nitrogen and oxygen atoms in total. The smallest absolute Gasteiger partial charge is 0.240 e. The molecule has 1 aromatic carbocycles. The molecule has 1 fully saturated rings. The molecule has 0 radical (unpaired) electrons. The average molecular weight is 391 g/mol. The van der Waals surface area contributed by atoms with Crippen molar-refractivity contribution in [1.82, 2.24) is 5.32 Å². The van der Waals surface area contributed by atoms with Gasteiger partial charge in [-0.25, -0.2) is 0 Å². The third-order valence-corrected chi connectivity index (χ3v) is 5.04. The van der Waals surface area contributed by atoms with E-state index in [-0.39, 0.29) is 23.7 Å². The second-order valence-electron chi connectivity index (χ2n) is 7.15. The molecule has 8 heteroatoms. The number of amidine groups is 1. The van der Waals surface area contributed by atoms with Gasteiger partial charge in [0.1, 0.15) is 11.0 Å². The lowest BCUT2D eigenvalue weighted by molar-refractivity contribution is -0.122. The lowest BCUT2D eigenvalue weighted by atomic mass is 9.91. The van der Waals surface area contributed by atoms with Crippen LogP contribution in [0.5, 0.6) is 5.75 Å². The molecule has 27 heavy (non-hydrogen) atoms. The normalized spacial score (nSPS) is 19.1. The molecule has 1 heterocycles. The highest BCUT2D eigenvalue weighted by molar-refractivity contribution is 8.15. The second-order valence-corrected chi connectivity index (χ2v) is 8.34. The fourth-order valence-electron chi connectivity index (χ4n) is 2.04. The van der Waals surface area contributed by atoms with Gasteiger partial charge in [0.05, 0.1) is 6.61 Å². The van der Waals surface area contributed by atoms with E-state index in [1.165, 1.54) is 11.8 Å². The lowest BCUT2D eigenvalue weighted by Gasteiger charge is -2.16. The average Bonchev–Trinajstić information content (AvgIpc) is 2.93. The van der Waals surface area contributed by atoms with Gasteiger partial charge in [0.25, 0.3) is 0 Å². The largest absolute Gasteiger partial charge is 0.494 e. The van der Waals surface area contributed by atoms with Gasteiger partial charge in [-0.3, -0.25) is 9.59 Å². The summed E-state index contributed by atoms with van der Waals surface area (Å²) in [5.41, 5.74) is 1.43. The number of nitrogens with one attached hydrogen (secondary N) is 2. The van der Waals surface area contributed by atoms with Crippen molar-refractivity contribution >= 4 is 40.1 Å². The molecule has 1 aliphatic heterocycles. The van der Waals surface area contributed by atoms with E-state index in [1.807, 2.05) is 34.6 Å². The lowest BCUT2D eigenvalue weighted by Crippen LogP contribution is -2.28. The van der Waals surface area contributed by atoms with Crippen LogP contribution in [0.2, 0.25) is 0 Å². The molecule has 1 aromatic rings. The van der Waals surface area contributed by atoms with Gasteiger partial charge in [0.15, 0.2) is 5.17 Å². The monoisotopic (exact) mass is 390 g/mol. The van der Waals surface area contributed by atoms with Crippen molar-refractivity contribution in [3.63, 3.8) is 0 Å². The van der Waals surface area contributed by atoms with E-state index in [9.17, 15) is 9.59 Å². The topological polar surface area (TPSA) is 92.2 Å². The summed E-state index contributed by atoms with van der Waals surface area (Å²) in [5.74, 6) is 0.278. The Morgan fingerprint density at radius 1 is 1.30 bits per heavy atom. The summed E-state index contributed by atoms with van der Waals surface area (Å²) in [6.45, 7) is 10.5. The zero-order chi connectivity index (χ0) is 20.0. The van der Waals surface area contributed by atoms with Gasteiger partial charge in [-0.15, -0.1) is 5.10 Å². The van der Waals surface area contributed by atoms with Crippen LogP contribution in [-0.4, -0.2) is 34.6 Å². The first-order valence-corrected chi connectivity index (χ1v) is 9.70. The summed E-state index contributed by atoms with van der Waals surface area (Å²) in [6, 6.07) is 7.11. The minimum absolute atomic E-state index is 0.0602. The van der Waals surface area contributed by atoms with E-state index in [4.69, 9.17) is 4.74 Å². The van der Waals surface area contributed by atoms with Crippen LogP contribution in [0, 0.1) is 5.41 Å². The third-order valence-electron chi connectivity index (χ3n) is 3.97. The first-order valence-electron chi connectivity index (χ1n) is 8.82. The maximum absolute atomic E-state index is 12.2. The molecular formula is C19H26N4O3S. The Morgan fingerprint density at radius 2 is 1.96 bits per heavy atom. The first kappa shape index (κ1) is 21.0. The number of rotatable bonds is 6. The molecule has 0 aliphatic carbocycles. The van der Waals surface area contributed by atoms with Crippen LogP contribution in [0.15, 0.2) is 34.5 Å². The quantitative estimate of drug-likeness (QED) is 0.575. The van der Waals surface area contributed by atoms with Crippen molar-refractivity contribution in [2.75, 3.05) is 11.9 Å². The molecule has 0 spiro atoms. The maximum atomic E-state index is 12.2. The minimum atomic E-state index is -0.517. The molecule has 2 amide bonds. The SMILES string of the molecule is CCOc1ccc(NC(=O)CC2S/C(=N\N=C(/C)C(C)(C)C)NC2=O)cc1. The van der Waals surface area contributed by atoms with Crippen molar-refractivity contribution in [3.8, 4) is 5.75 Å². The Bertz CT molecular complexity index is 751. The fourth-order valence-corrected chi connectivity index (χ4v) is 2.96. The zero-order valence-electron chi connectivity index (χ0n) is 16.3. The zero-order valence-corrected chi connectivity index (χ0v) is 17.1. The summed E-state index contributed by atoms with van der Waals surface area (Å²) < 4.78 is 5.37. The third kappa shape index (κ3) is 6.39. The van der Waals surface area contributed by atoms with Crippen molar-refractivity contribution < 1.29 is 14.3 Å². The predicted molar refractivity (Wildman–Crippen MR) is 110 cm³/mol. The van der Waals surface area contributed by atoms with Gasteiger partial charge < -0.3 is 15.4 Å². The van der Waals surface area contributed by atoms with Crippen molar-refractivity contribution in [2.24, 2.45) is 15.6 Å². The Labute approximate surface area is 164 Å². The Morgan fingerprint density at radius 3 is 2.56 bits per heavy atom. The summed E-state index contributed by atoms with van der Waals surface area (Å²) in [4.78, 5) is 24.3. The molecule has 1 atom stereocenters. The van der Waals surface area contributed by atoms with Crippen molar-refractivity contribution in [3.05, 3.63) is 24.3 Å². The molecule has 2 rings (SSSR count). The van der Waals surface area contributed by atoms with E-state index in [1.54, 1.807) is 24.3 Å². The molecule has 146 valence electrons. The van der Waals surface area contributed by atoms with E-state index in [2.05, 4.69) is 20.8 Å². The molecule has 0 bridgehead atoms. The number of hydrogen-bond acceptors (Lipinski definition) is 6. The van der Waals surface area contributed by atoms with E-state index < -0.39 is 5.25 Å². The van der Waals surface area contributed by atoms with Crippen LogP contribution in [0.1, 0.15) is 41.0 Å². The standard InChI is InChI=1S/C19H26N4O3S/c1-6-26-14-9-7-13(8-10-14)20-16(24)11-15-17(25)21-18(27-15)23-22-12(2)19(3,4)5/h7-10,15H,6,11H2,1-5H3,(H,20,24)(H,21,23,25)/b22-12+. The highest BCUT2D eigenvalue weighted by Crippen LogP contribution is 2.24. The molecule has 1 aliphatic rings. The number of carbonyl (C=O) groups excluding carboxylic acids is 2. The molecule has 1 saturated heterocycles. The van der Waals surface area contributed by atoms with E-state index in [0.717, 1.165) is 11.5 Å². The number of benzene rings is 1. The van der Waals surface area contributed by atoms with Crippen LogP contribution in [0.3, 0.4) is 0 Å². The van der Waals surface area contributed by atoms with Gasteiger partial charge in [-0.05, 0) is 38.1 Å². The summed E-state index contributed by atoms with van der Waals surface area (Å²) in [6.07, 6.45) is 0.0602. The summed E-state index contributed by atoms with van der Waals surface area (Å²) in [7, 11) is 0. The highest BCUT2D eigenvalue weighted by atomic mass is 32.2. The van der Waals surface area contributed by atoms with Gasteiger partial charge in [0, 0.05) is 23.2 Å². The maximum Gasteiger partial charge on any atom is 0.240 e. The number of thioether (sulfide) groups is 1. The molecular weight excluding hydrogens is 364 g/mol. The Kier molecular flexibility index (Phi) is 7.01. The van der Waals surface area contributed by atoms with Gasteiger partial charge in [0.2, 0.25) is 11.8 Å². The molecule has 0 saturated carbocycles. The minimum Gasteiger partial charge on any atom is -0.494 e. The van der Waals surface area contributed by atoms with Gasteiger partial charge >= 0.3 is 0 Å². The summed E-state index contributed by atoms with van der Waals surface area (Å²) in [5, 5.41) is 13.6. The molecule has 1 unspecified atom stereocenters. The van der Waals surface area contributed by atoms with Gasteiger partial charge in [-0.1, -0.05) is 32.5 Å². The van der Waals surface area contributed by atoms with Crippen LogP contribution in [-0.2, 0) is 9.59 Å². The number of nitrogens with zero attached hydrogens (tertiary/aromatic N) is 2. The number of carbonyl (C=O) groups is 2. The first-order chi connectivity index (χ1) is 12.7. The molecule has 0 aromatic heterocycles. The number of amides is 2. The fraction of sp³-hybridized carbons (Fsp3) is 0.474.